The molecule has 232 valence electrons. The lowest BCUT2D eigenvalue weighted by molar-refractivity contribution is -0.126. The van der Waals surface area contributed by atoms with Crippen LogP contribution in [0.2, 0.25) is 5.02 Å². The molecule has 4 N–H and O–H groups in total. The van der Waals surface area contributed by atoms with Crippen molar-refractivity contribution in [3.8, 4) is 0 Å². The Labute approximate surface area is 255 Å². The number of nitrogens with one attached hydrogen (secondary N) is 3. The van der Waals surface area contributed by atoms with Gasteiger partial charge in [-0.1, -0.05) is 11.6 Å². The van der Waals surface area contributed by atoms with E-state index in [9.17, 15) is 24.3 Å². The molecule has 4 amide bonds. The first-order valence-corrected chi connectivity index (χ1v) is 14.4. The summed E-state index contributed by atoms with van der Waals surface area (Å²) in [7, 11) is 1.24. The van der Waals surface area contributed by atoms with Crippen LogP contribution in [-0.2, 0) is 19.9 Å². The monoisotopic (exact) mass is 615 g/mol. The lowest BCUT2D eigenvalue weighted by Gasteiger charge is -2.46. The number of piperidine rings is 1. The third kappa shape index (κ3) is 7.38. The second kappa shape index (κ2) is 13.2. The van der Waals surface area contributed by atoms with Crippen LogP contribution in [-0.4, -0.2) is 79.1 Å². The van der Waals surface area contributed by atoms with E-state index in [4.69, 9.17) is 16.3 Å². The first-order valence-electron chi connectivity index (χ1n) is 14.1. The number of halogens is 1. The van der Waals surface area contributed by atoms with Crippen LogP contribution in [0.15, 0.2) is 42.5 Å². The molecule has 2 atom stereocenters. The van der Waals surface area contributed by atoms with Gasteiger partial charge in [-0.15, -0.1) is 0 Å². The molecule has 1 unspecified atom stereocenters. The molecule has 2 aliphatic rings. The zero-order valence-electron chi connectivity index (χ0n) is 24.7. The summed E-state index contributed by atoms with van der Waals surface area (Å²) in [5.74, 6) is -0.985. The maximum atomic E-state index is 14.2. The number of amides is 4. The number of hydrogen-bond donors (Lipinski definition) is 4. The van der Waals surface area contributed by atoms with E-state index < -0.39 is 41.2 Å². The van der Waals surface area contributed by atoms with Gasteiger partial charge in [0.15, 0.2) is 0 Å². The van der Waals surface area contributed by atoms with E-state index in [-0.39, 0.29) is 25.3 Å². The van der Waals surface area contributed by atoms with Gasteiger partial charge in [-0.2, -0.15) is 0 Å². The number of ether oxygens (including phenoxy) is 2. The molecular formula is C30H38ClN5O7. The van der Waals surface area contributed by atoms with E-state index in [1.54, 1.807) is 32.9 Å². The van der Waals surface area contributed by atoms with Gasteiger partial charge in [-0.25, -0.2) is 9.59 Å². The highest BCUT2D eigenvalue weighted by Gasteiger charge is 2.44. The van der Waals surface area contributed by atoms with Crippen LogP contribution in [0, 0.1) is 0 Å². The van der Waals surface area contributed by atoms with Crippen molar-refractivity contribution in [2.24, 2.45) is 0 Å². The minimum absolute atomic E-state index is 0.00641. The first-order chi connectivity index (χ1) is 20.3. The molecule has 2 aromatic carbocycles. The lowest BCUT2D eigenvalue weighted by Crippen LogP contribution is -2.56. The van der Waals surface area contributed by atoms with E-state index >= 15 is 0 Å². The molecule has 2 aromatic rings. The van der Waals surface area contributed by atoms with Crippen LogP contribution in [0.3, 0.4) is 0 Å². The van der Waals surface area contributed by atoms with Crippen LogP contribution in [0.1, 0.15) is 56.0 Å². The molecule has 0 radical (unpaired) electrons. The maximum Gasteiger partial charge on any atom is 0.411 e. The van der Waals surface area contributed by atoms with Crippen LogP contribution in [0.4, 0.5) is 21.0 Å². The Kier molecular flexibility index (Phi) is 9.83. The standard InChI is InChI=1S/C30H38ClN5O7/c1-29(2,3)36(28(40)41)15-12-23(34-25(37)19-6-9-21(10-7-19)33-27(39)42-4)26(38)35-18-43-30(13-5-14-32-17-30)22-16-20(31)8-11-24(22)35/h6-11,16,23,32H,5,12-15,17-18H2,1-4H3,(H,33,39)(H,34,37)(H,40,41)/t23-,30?/m0/s1. The van der Waals surface area contributed by atoms with Gasteiger partial charge in [-0.05, 0) is 89.0 Å². The second-order valence-corrected chi connectivity index (χ2v) is 12.0. The average molecular weight is 616 g/mol. The molecule has 0 aromatic heterocycles. The Balaban J connectivity index is 1.62. The van der Waals surface area contributed by atoms with Crippen molar-refractivity contribution in [2.75, 3.05) is 43.7 Å². The van der Waals surface area contributed by atoms with Gasteiger partial charge in [0.2, 0.25) is 0 Å². The first kappa shape index (κ1) is 32.1. The highest BCUT2D eigenvalue weighted by molar-refractivity contribution is 6.30. The quantitative estimate of drug-likeness (QED) is 0.358. The van der Waals surface area contributed by atoms with E-state index in [2.05, 4.69) is 20.7 Å². The van der Waals surface area contributed by atoms with Gasteiger partial charge < -0.3 is 30.1 Å². The second-order valence-electron chi connectivity index (χ2n) is 11.6. The summed E-state index contributed by atoms with van der Waals surface area (Å²) >= 11 is 6.38. The molecule has 12 nitrogen and oxygen atoms in total. The Morgan fingerprint density at radius 2 is 1.91 bits per heavy atom. The van der Waals surface area contributed by atoms with Gasteiger partial charge in [-0.3, -0.25) is 19.8 Å². The number of rotatable bonds is 7. The van der Waals surface area contributed by atoms with E-state index in [0.29, 0.717) is 22.9 Å². The minimum atomic E-state index is -1.13. The van der Waals surface area contributed by atoms with Gasteiger partial charge in [0, 0.05) is 40.5 Å². The fraction of sp³-hybridized carbons (Fsp3) is 0.467. The predicted octanol–water partition coefficient (Wildman–Crippen LogP) is 4.38. The average Bonchev–Trinajstić information content (AvgIpc) is 2.96. The SMILES string of the molecule is COC(=O)Nc1ccc(C(=O)N[C@@H](CCN(C(=O)O)C(C)(C)C)C(=O)N2COC3(CCCNC3)c3cc(Cl)ccc32)cc1. The third-order valence-corrected chi connectivity index (χ3v) is 7.92. The van der Waals surface area contributed by atoms with Crippen LogP contribution in [0.5, 0.6) is 0 Å². The molecule has 43 heavy (non-hydrogen) atoms. The van der Waals surface area contributed by atoms with Crippen LogP contribution < -0.4 is 20.9 Å². The Bertz CT molecular complexity index is 1360. The van der Waals surface area contributed by atoms with E-state index in [1.807, 2.05) is 6.07 Å². The number of carbonyl (C=O) groups is 4. The number of fused-ring (bicyclic) bond motifs is 2. The maximum absolute atomic E-state index is 14.2. The fourth-order valence-corrected chi connectivity index (χ4v) is 5.57. The number of anilines is 2. The Morgan fingerprint density at radius 3 is 2.51 bits per heavy atom. The molecule has 0 aliphatic carbocycles. The molecule has 0 saturated carbocycles. The molecule has 13 heteroatoms. The zero-order valence-corrected chi connectivity index (χ0v) is 25.5. The topological polar surface area (TPSA) is 150 Å². The normalized spacial score (nSPS) is 18.8. The predicted molar refractivity (Wildman–Crippen MR) is 161 cm³/mol. The lowest BCUT2D eigenvalue weighted by atomic mass is 9.84. The summed E-state index contributed by atoms with van der Waals surface area (Å²) < 4.78 is 10.9. The highest BCUT2D eigenvalue weighted by atomic mass is 35.5. The van der Waals surface area contributed by atoms with Crippen molar-refractivity contribution in [1.29, 1.82) is 0 Å². The molecule has 1 fully saturated rings. The summed E-state index contributed by atoms with van der Waals surface area (Å²) in [4.78, 5) is 53.8. The number of hydrogen-bond acceptors (Lipinski definition) is 7. The summed E-state index contributed by atoms with van der Waals surface area (Å²) in [6.45, 7) is 6.67. The van der Waals surface area contributed by atoms with Gasteiger partial charge in [0.25, 0.3) is 11.8 Å². The van der Waals surface area contributed by atoms with E-state index in [1.165, 1.54) is 41.2 Å². The number of benzene rings is 2. The van der Waals surface area contributed by atoms with Crippen molar-refractivity contribution in [3.05, 3.63) is 58.6 Å². The van der Waals surface area contributed by atoms with Gasteiger partial charge in [0.1, 0.15) is 18.4 Å². The fourth-order valence-electron chi connectivity index (χ4n) is 5.39. The van der Waals surface area contributed by atoms with Crippen molar-refractivity contribution in [1.82, 2.24) is 15.5 Å². The number of carboxylic acid groups (broad SMARTS) is 1. The van der Waals surface area contributed by atoms with Crippen molar-refractivity contribution in [3.63, 3.8) is 0 Å². The Morgan fingerprint density at radius 1 is 1.19 bits per heavy atom. The minimum Gasteiger partial charge on any atom is -0.465 e. The highest BCUT2D eigenvalue weighted by Crippen LogP contribution is 2.43. The number of nitrogens with zero attached hydrogens (tertiary/aromatic N) is 2. The Hall–Kier alpha value is -3.87. The third-order valence-electron chi connectivity index (χ3n) is 7.69. The van der Waals surface area contributed by atoms with Crippen molar-refractivity contribution < 1.29 is 33.8 Å². The van der Waals surface area contributed by atoms with Crippen molar-refractivity contribution in [2.45, 2.75) is 57.2 Å². The molecule has 4 rings (SSSR count). The summed E-state index contributed by atoms with van der Waals surface area (Å²) in [5, 5.41) is 19.0. The summed E-state index contributed by atoms with van der Waals surface area (Å²) in [6.07, 6.45) is -0.116. The number of methoxy groups -OCH3 is 1. The summed E-state index contributed by atoms with van der Waals surface area (Å²) in [5.41, 5.74) is 0.711. The smallest absolute Gasteiger partial charge is 0.411 e. The van der Waals surface area contributed by atoms with Gasteiger partial charge >= 0.3 is 12.2 Å². The zero-order chi connectivity index (χ0) is 31.4. The summed E-state index contributed by atoms with van der Waals surface area (Å²) in [6, 6.07) is 10.3. The van der Waals surface area contributed by atoms with Crippen LogP contribution >= 0.6 is 11.6 Å². The van der Waals surface area contributed by atoms with Crippen LogP contribution in [0.25, 0.3) is 0 Å². The van der Waals surface area contributed by atoms with Gasteiger partial charge in [0.05, 0.1) is 12.8 Å². The van der Waals surface area contributed by atoms with E-state index in [0.717, 1.165) is 24.9 Å². The number of carbonyl (C=O) groups excluding carboxylic acids is 3. The molecule has 1 saturated heterocycles. The molecule has 1 spiro atoms. The molecule has 0 bridgehead atoms. The molecular weight excluding hydrogens is 578 g/mol. The van der Waals surface area contributed by atoms with Crippen molar-refractivity contribution >= 4 is 47.0 Å². The largest absolute Gasteiger partial charge is 0.465 e. The molecule has 2 aliphatic heterocycles. The molecule has 2 heterocycles.